The topological polar surface area (TPSA) is 212 Å². The van der Waals surface area contributed by atoms with Crippen molar-refractivity contribution in [2.24, 2.45) is 5.16 Å². The van der Waals surface area contributed by atoms with Gasteiger partial charge in [-0.05, 0) is 194 Å². The molecule has 2 aliphatic carbocycles. The van der Waals surface area contributed by atoms with E-state index in [1.807, 2.05) is 182 Å². The number of fused-ring (bicyclic) bond motifs is 5. The molecule has 0 radical (unpaired) electrons. The van der Waals surface area contributed by atoms with Gasteiger partial charge >= 0.3 is 17.9 Å². The minimum atomic E-state index is -1.32. The summed E-state index contributed by atoms with van der Waals surface area (Å²) in [7, 11) is -2.42. The molecule has 2 N–H and O–H groups in total. The van der Waals surface area contributed by atoms with Crippen LogP contribution in [0.15, 0.2) is 230 Å². The Hall–Kier alpha value is -11.7. The van der Waals surface area contributed by atoms with Crippen LogP contribution in [0.5, 0.6) is 0 Å². The fourth-order valence-electron chi connectivity index (χ4n) is 11.1. The van der Waals surface area contributed by atoms with E-state index in [1.165, 1.54) is 72.5 Å². The van der Waals surface area contributed by atoms with Crippen LogP contribution in [0, 0.1) is 85.7 Å². The fourth-order valence-corrected chi connectivity index (χ4v) is 12.3. The number of ether oxygens (including phenoxy) is 2. The van der Waals surface area contributed by atoms with E-state index in [2.05, 4.69) is 176 Å². The van der Waals surface area contributed by atoms with E-state index in [4.69, 9.17) is 61.0 Å². The summed E-state index contributed by atoms with van der Waals surface area (Å²) in [6.45, 7) is 35.9. The largest absolute Gasteiger partial charge is 0.481 e. The summed E-state index contributed by atoms with van der Waals surface area (Å²) >= 11 is 17.5. The minimum Gasteiger partial charge on any atom is -0.481 e. The maximum absolute atomic E-state index is 11.5. The number of Topliss-reactive ketones (excluding diaryl/α,β-unsaturated/α-hetero) is 2. The summed E-state index contributed by atoms with van der Waals surface area (Å²) < 4.78 is 9.61. The van der Waals surface area contributed by atoms with E-state index in [1.54, 1.807) is 19.2 Å². The summed E-state index contributed by atoms with van der Waals surface area (Å²) in [4.78, 5) is 77.5. The summed E-state index contributed by atoms with van der Waals surface area (Å²) in [5.41, 5.74) is 25.7. The third kappa shape index (κ3) is 38.5. The lowest BCUT2D eigenvalue weighted by Gasteiger charge is -2.03. The maximum Gasteiger partial charge on any atom is 0.330 e. The van der Waals surface area contributed by atoms with Crippen molar-refractivity contribution in [1.82, 2.24) is 15.0 Å². The van der Waals surface area contributed by atoms with Crippen molar-refractivity contribution in [1.29, 1.82) is 0 Å². The molecule has 0 aliphatic heterocycles. The molecule has 14 nitrogen and oxygen atoms in total. The van der Waals surface area contributed by atoms with Crippen LogP contribution in [0.25, 0.3) is 38.4 Å². The number of carbonyl (C=O) groups excluding carboxylic acids is 5. The van der Waals surface area contributed by atoms with Crippen molar-refractivity contribution in [2.45, 2.75) is 160 Å². The summed E-state index contributed by atoms with van der Waals surface area (Å²) in [5.74, 6) is 2.19. The van der Waals surface area contributed by atoms with Gasteiger partial charge in [-0.15, -0.1) is 17.5 Å². The van der Waals surface area contributed by atoms with Crippen molar-refractivity contribution < 1.29 is 48.6 Å². The zero-order chi connectivity index (χ0) is 89.4. The number of pyridine rings is 3. The highest BCUT2D eigenvalue weighted by atomic mass is 35.5. The van der Waals surface area contributed by atoms with Gasteiger partial charge in [0, 0.05) is 77.0 Å². The second-order valence-electron chi connectivity index (χ2n) is 31.1. The molecule has 0 unspecified atom stereocenters. The number of esters is 2. The number of aldehydes is 1. The van der Waals surface area contributed by atoms with Gasteiger partial charge < -0.3 is 19.8 Å². The van der Waals surface area contributed by atoms with Gasteiger partial charge in [-0.1, -0.05) is 293 Å². The fraction of sp³-hybridized carbons (Fsp3) is 0.255. The number of hydrogen-bond acceptors (Lipinski definition) is 13. The van der Waals surface area contributed by atoms with Gasteiger partial charge in [0.05, 0.1) is 13.2 Å². The third-order valence-electron chi connectivity index (χ3n) is 17.8. The van der Waals surface area contributed by atoms with Crippen LogP contribution in [0.3, 0.4) is 0 Å². The second kappa shape index (κ2) is 51.0. The molecule has 0 saturated carbocycles. The molecule has 121 heavy (non-hydrogen) atoms. The number of aryl methyl sites for hydroxylation is 12. The van der Waals surface area contributed by atoms with E-state index in [0.717, 1.165) is 79.7 Å². The Kier molecular flexibility index (Phi) is 42.1. The number of benzene rings is 9. The number of nitrogens with zero attached hydrogens (tertiary/aromatic N) is 4. The Morgan fingerprint density at radius 1 is 0.504 bits per heavy atom. The van der Waals surface area contributed by atoms with Gasteiger partial charge in [-0.2, -0.15) is 0 Å². The smallest absolute Gasteiger partial charge is 0.330 e. The predicted octanol–water partition coefficient (Wildman–Crippen LogP) is 24.9. The van der Waals surface area contributed by atoms with Crippen LogP contribution < -0.4 is 0 Å². The second-order valence-corrected chi connectivity index (χ2v) is 41.8. The SMILES string of the molecule is C#C[Si](C)(C)C.CCOC(=O)/C=C/c1ccc(C)cc1.CCOC(=O)CCc1ccc(C)cc1.Cc1ccc(C=O)cc1.Cc1ccc(CCC(=O)O)cc1.Cc1ccc2c(c1)C(=O)/C(=N/O)C2.Cc1ccc2c(c1)C(=O)CC2.Cc1ccc2cc(C#C[Si](C)(C)C)ncc2c1.Cc1ccc2cc(Cl)nc(Cl)c2c1.Cc1ccc2cc(Cl)ncc2c1. The summed E-state index contributed by atoms with van der Waals surface area (Å²) in [6, 6.07) is 67.7. The number of aromatic nitrogens is 3. The zero-order valence-corrected chi connectivity index (χ0v) is 76.8. The van der Waals surface area contributed by atoms with Gasteiger partial charge in [-0.25, -0.2) is 19.7 Å². The van der Waals surface area contributed by atoms with Crippen molar-refractivity contribution in [2.75, 3.05) is 13.2 Å². The number of carboxylic acids is 1. The number of rotatable bonds is 11. The normalized spacial score (nSPS) is 11.5. The standard InChI is InChI=1S/C15H17NSi.C12H16O2.C12H14O2.C10H7Cl2N.C10H8ClN.C10H9NO2.C10H12O2.C10H10O.C8H8O.C5H10Si/c1-12-5-6-13-10-15(7-8-17(2,3)4)16-11-14(13)9-12;2*1-3-14-12(13)9-8-11-6-4-10(2)5-7-11;1-6-2-3-7-5-9(11)13-10(12)8(7)4-6;1-7-2-3-8-5-10(11)12-6-9(8)4-7;1-6-2-3-7-5-9(11-13)10(12)8(7)4-6;1-8-2-4-9(5-3-8)6-7-10(11)12;1-7-2-3-8-4-5-10(11)9(8)6-7;1-7-2-4-8(6-9)5-3-7;1-5-6(2,3)4/h5-6,9-11H,1-4H3;4-7H,3,8-9H2,1-2H3;4-9H,3H2,1-2H3;2-5H,1H3;2-6H,1H3;2-4,13H,5H2,1H3;2-5H,6-7H2,1H3,(H,11,12);2-3,6H,4-5H2,1H3;2-6H,1H3;1H,2-4H3/b;;9-8+;;;11-9+;;;;. The number of terminal acetylenes is 1. The molecule has 19 heteroatoms. The number of halogens is 3. The van der Waals surface area contributed by atoms with Gasteiger partial charge in [-0.3, -0.25) is 24.0 Å². The Morgan fingerprint density at radius 2 is 0.950 bits per heavy atom. The van der Waals surface area contributed by atoms with Crippen LogP contribution in [0.4, 0.5) is 0 Å². The first-order valence-electron chi connectivity index (χ1n) is 39.9. The van der Waals surface area contributed by atoms with Crippen LogP contribution in [0.1, 0.15) is 148 Å². The van der Waals surface area contributed by atoms with E-state index in [-0.39, 0.29) is 29.9 Å². The third-order valence-corrected chi connectivity index (χ3v) is 20.3. The predicted molar refractivity (Wildman–Crippen MR) is 506 cm³/mol. The number of carbonyl (C=O) groups is 6. The highest BCUT2D eigenvalue weighted by molar-refractivity contribution is 6.84. The van der Waals surface area contributed by atoms with Crippen molar-refractivity contribution in [3.63, 3.8) is 0 Å². The van der Waals surface area contributed by atoms with Gasteiger partial charge in [0.2, 0.25) is 5.78 Å². The first-order chi connectivity index (χ1) is 57.4. The lowest BCUT2D eigenvalue weighted by Crippen LogP contribution is -2.16. The number of aliphatic carboxylic acids is 1. The van der Waals surface area contributed by atoms with Crippen LogP contribution >= 0.6 is 34.8 Å². The Bertz CT molecular complexity index is 5600. The number of hydrogen-bond donors (Lipinski definition) is 2. The molecular formula is C102H111Cl3N4O10Si2. The molecule has 12 aromatic rings. The first kappa shape index (κ1) is 99.8. The molecule has 628 valence electrons. The molecule has 9 aromatic carbocycles. The molecule has 0 amide bonds. The zero-order valence-electron chi connectivity index (χ0n) is 72.5. The van der Waals surface area contributed by atoms with Crippen molar-refractivity contribution in [3.05, 3.63) is 340 Å². The molecule has 0 fully saturated rings. The van der Waals surface area contributed by atoms with Gasteiger partial charge in [0.15, 0.2) is 5.78 Å². The Morgan fingerprint density at radius 3 is 1.45 bits per heavy atom. The molecular weight excluding hydrogens is 1600 g/mol. The quantitative estimate of drug-likeness (QED) is 0.0181. The van der Waals surface area contributed by atoms with Gasteiger partial charge in [0.25, 0.3) is 0 Å². The molecule has 3 heterocycles. The lowest BCUT2D eigenvalue weighted by molar-refractivity contribution is -0.143. The highest BCUT2D eigenvalue weighted by Crippen LogP contribution is 2.27. The highest BCUT2D eigenvalue weighted by Gasteiger charge is 2.27. The number of oxime groups is 1. The minimum absolute atomic E-state index is 0.118. The molecule has 0 bridgehead atoms. The molecule has 0 atom stereocenters. The summed E-state index contributed by atoms with van der Waals surface area (Å²) in [6.07, 6.45) is 17.0. The molecule has 2 aliphatic rings. The maximum atomic E-state index is 11.5. The van der Waals surface area contributed by atoms with Crippen LogP contribution in [0.2, 0.25) is 54.7 Å². The van der Waals surface area contributed by atoms with E-state index < -0.39 is 22.1 Å². The average Bonchev–Trinajstić information content (AvgIpc) is 1.80. The monoisotopic (exact) mass is 1710 g/mol. The van der Waals surface area contributed by atoms with Crippen LogP contribution in [-0.4, -0.2) is 96.1 Å². The van der Waals surface area contributed by atoms with E-state index >= 15 is 0 Å². The Labute approximate surface area is 731 Å². The number of ketones is 2. The molecule has 3 aromatic heterocycles. The van der Waals surface area contributed by atoms with Gasteiger partial charge in [0.1, 0.15) is 49.3 Å². The first-order valence-corrected chi connectivity index (χ1v) is 48.0. The molecule has 0 spiro atoms. The van der Waals surface area contributed by atoms with E-state index in [0.29, 0.717) is 65.7 Å². The lowest BCUT2D eigenvalue weighted by atomic mass is 10.1. The van der Waals surface area contributed by atoms with Crippen molar-refractivity contribution in [3.8, 4) is 23.4 Å². The van der Waals surface area contributed by atoms with Crippen molar-refractivity contribution >= 4 is 131 Å². The molecule has 14 rings (SSSR count). The van der Waals surface area contributed by atoms with Crippen LogP contribution in [-0.2, 0) is 49.5 Å². The van der Waals surface area contributed by atoms with E-state index in [9.17, 15) is 28.8 Å². The molecule has 0 saturated heterocycles. The number of carboxylic acid groups (broad SMARTS) is 1. The summed E-state index contributed by atoms with van der Waals surface area (Å²) in [5, 5.41) is 28.0. The average molecular weight is 1720 g/mol. The Balaban J connectivity index is 0.000000241.